The normalized spacial score (nSPS) is 40.4. The lowest BCUT2D eigenvalue weighted by molar-refractivity contribution is -0.231. The molecule has 0 spiro atoms. The van der Waals surface area contributed by atoms with E-state index in [1.165, 1.54) is 34.1 Å². The second-order valence-corrected chi connectivity index (χ2v) is 19.5. The molecule has 4 aliphatic rings. The minimum atomic E-state index is -2.94. The molecule has 4 rings (SSSR count). The van der Waals surface area contributed by atoms with Crippen LogP contribution in [0.5, 0.6) is 0 Å². The summed E-state index contributed by atoms with van der Waals surface area (Å²) >= 11 is 0. The van der Waals surface area contributed by atoms with Crippen molar-refractivity contribution in [3.8, 4) is 0 Å². The van der Waals surface area contributed by atoms with E-state index in [-0.39, 0.29) is 73.2 Å². The third-order valence-electron chi connectivity index (χ3n) is 14.4. The van der Waals surface area contributed by atoms with Crippen molar-refractivity contribution in [1.29, 1.82) is 0 Å². The number of Topliss-reactive ketones (excluding diaryl/α,β-unsaturated/α-hetero) is 3. The number of fused-ring (bicyclic) bond motifs is 3. The highest BCUT2D eigenvalue weighted by Crippen LogP contribution is 2.40. The highest BCUT2D eigenvalue weighted by atomic mass is 19.2. The Bertz CT molecular complexity index is 1760. The summed E-state index contributed by atoms with van der Waals surface area (Å²) < 4.78 is 62.1. The number of carbonyl (C=O) groups excluding carboxylic acids is 5. The van der Waals surface area contributed by atoms with Crippen molar-refractivity contribution in [2.75, 3.05) is 27.9 Å². The first-order valence-electron chi connectivity index (χ1n) is 23.8. The third kappa shape index (κ3) is 14.3. The molecule has 0 aromatic carbocycles. The van der Waals surface area contributed by atoms with E-state index in [1.54, 1.807) is 21.0 Å². The molecule has 12 nitrogen and oxygen atoms in total. The van der Waals surface area contributed by atoms with Gasteiger partial charge in [0.25, 0.3) is 17.5 Å². The number of esters is 1. The molecular weight excluding hydrogens is 841 g/mol. The van der Waals surface area contributed by atoms with Gasteiger partial charge >= 0.3 is 5.97 Å². The molecule has 3 heterocycles. The van der Waals surface area contributed by atoms with Gasteiger partial charge in [-0.25, -0.2) is 13.6 Å². The van der Waals surface area contributed by atoms with E-state index in [4.69, 9.17) is 23.7 Å². The van der Waals surface area contributed by atoms with Gasteiger partial charge in [-0.05, 0) is 107 Å². The molecule has 3 fully saturated rings. The number of piperidine rings is 1. The van der Waals surface area contributed by atoms with Gasteiger partial charge < -0.3 is 33.7 Å². The minimum Gasteiger partial charge on any atom is -0.460 e. The van der Waals surface area contributed by atoms with Crippen molar-refractivity contribution in [1.82, 2.24) is 4.90 Å². The number of ketones is 3. The number of hydrogen-bond acceptors (Lipinski definition) is 11. The Kier molecular flexibility index (Phi) is 20.9. The monoisotopic (exact) mass is 918 g/mol. The maximum absolute atomic E-state index is 17.0. The van der Waals surface area contributed by atoms with Crippen LogP contribution in [0.25, 0.3) is 0 Å². The molecule has 0 aromatic rings. The van der Waals surface area contributed by atoms with Crippen molar-refractivity contribution < 1.29 is 61.5 Å². The number of carbonyl (C=O) groups is 5. The van der Waals surface area contributed by atoms with Crippen LogP contribution in [0.15, 0.2) is 47.6 Å². The van der Waals surface area contributed by atoms with Gasteiger partial charge in [0.05, 0.1) is 24.4 Å². The molecule has 2 saturated heterocycles. The minimum absolute atomic E-state index is 0.0206. The maximum Gasteiger partial charge on any atom is 0.329 e. The van der Waals surface area contributed by atoms with Crippen molar-refractivity contribution in [2.24, 2.45) is 35.5 Å². The molecule has 0 aromatic heterocycles. The van der Waals surface area contributed by atoms with E-state index in [0.29, 0.717) is 51.4 Å². The van der Waals surface area contributed by atoms with Crippen LogP contribution in [-0.4, -0.2) is 122 Å². The van der Waals surface area contributed by atoms with Crippen LogP contribution >= 0.6 is 0 Å². The van der Waals surface area contributed by atoms with Gasteiger partial charge in [-0.15, -0.1) is 0 Å². The van der Waals surface area contributed by atoms with Gasteiger partial charge in [0.2, 0.25) is 0 Å². The van der Waals surface area contributed by atoms with Gasteiger partial charge in [-0.3, -0.25) is 19.2 Å². The molecule has 15 atom stereocenters. The SMILES string of the molecule is CO[C@H]1C[C@@H]2CC[C@@H](C)[C@@](F)(O2)C(=O)C(=O)N2CCCC[C@H]2C(=O)O[C@H]([C@H](C)C[C@H]2CC[C@@H](O)[C@H](OC)C2)CC(=O)[C@H](C)/C=C(\C)[C@@H](F)[C@@H](OC)C(=O)[C@H](C)C[C@H](C)\C=C/C=C/C=C/1C. The van der Waals surface area contributed by atoms with E-state index in [9.17, 15) is 29.1 Å². The Balaban J connectivity index is 1.70. The second-order valence-electron chi connectivity index (χ2n) is 19.5. The van der Waals surface area contributed by atoms with Crippen LogP contribution in [0, 0.1) is 35.5 Å². The van der Waals surface area contributed by atoms with E-state index >= 15 is 8.78 Å². The van der Waals surface area contributed by atoms with Crippen LogP contribution in [0.1, 0.15) is 126 Å². The smallest absolute Gasteiger partial charge is 0.329 e. The first-order valence-corrected chi connectivity index (χ1v) is 23.8. The Hall–Kier alpha value is -3.43. The molecule has 1 aliphatic carbocycles. The van der Waals surface area contributed by atoms with Crippen LogP contribution < -0.4 is 0 Å². The van der Waals surface area contributed by atoms with Gasteiger partial charge in [-0.1, -0.05) is 71.1 Å². The van der Waals surface area contributed by atoms with E-state index < -0.39 is 84.0 Å². The number of allylic oxidation sites excluding steroid dienone is 6. The van der Waals surface area contributed by atoms with Gasteiger partial charge in [-0.2, -0.15) is 0 Å². The lowest BCUT2D eigenvalue weighted by atomic mass is 9.78. The molecule has 0 unspecified atom stereocenters. The number of hydrogen-bond donors (Lipinski definition) is 1. The molecule has 2 bridgehead atoms. The fourth-order valence-corrected chi connectivity index (χ4v) is 10.1. The molecule has 1 N–H and O–H groups in total. The number of methoxy groups -OCH3 is 3. The first-order chi connectivity index (χ1) is 30.7. The highest BCUT2D eigenvalue weighted by Gasteiger charge is 2.55. The third-order valence-corrected chi connectivity index (χ3v) is 14.4. The van der Waals surface area contributed by atoms with Crippen LogP contribution in [0.2, 0.25) is 0 Å². The summed E-state index contributed by atoms with van der Waals surface area (Å²) in [5, 5.41) is 10.5. The molecule has 1 saturated carbocycles. The fraction of sp³-hybridized carbons (Fsp3) is 0.745. The number of ether oxygens (including phenoxy) is 5. The maximum atomic E-state index is 17.0. The van der Waals surface area contributed by atoms with E-state index in [0.717, 1.165) is 10.5 Å². The largest absolute Gasteiger partial charge is 0.460 e. The lowest BCUT2D eigenvalue weighted by Crippen LogP contribution is -2.59. The van der Waals surface area contributed by atoms with Crippen molar-refractivity contribution >= 4 is 29.2 Å². The van der Waals surface area contributed by atoms with Crippen molar-refractivity contribution in [3.05, 3.63) is 47.6 Å². The average molecular weight is 918 g/mol. The number of rotatable bonds is 6. The Morgan fingerprint density at radius 1 is 0.877 bits per heavy atom. The topological polar surface area (TPSA) is 155 Å². The summed E-state index contributed by atoms with van der Waals surface area (Å²) in [7, 11) is 4.38. The highest BCUT2D eigenvalue weighted by molar-refractivity contribution is 6.39. The van der Waals surface area contributed by atoms with Crippen molar-refractivity contribution in [2.45, 2.75) is 180 Å². The van der Waals surface area contributed by atoms with Crippen LogP contribution in [-0.2, 0) is 47.7 Å². The predicted octanol–water partition coefficient (Wildman–Crippen LogP) is 8.14. The van der Waals surface area contributed by atoms with E-state index in [2.05, 4.69) is 0 Å². The van der Waals surface area contributed by atoms with Gasteiger partial charge in [0.1, 0.15) is 17.9 Å². The summed E-state index contributed by atoms with van der Waals surface area (Å²) in [6, 6.07) is -1.21. The summed E-state index contributed by atoms with van der Waals surface area (Å²) in [5.41, 5.74) is 0.981. The number of alkyl halides is 2. The Labute approximate surface area is 385 Å². The zero-order valence-electron chi connectivity index (χ0n) is 40.5. The summed E-state index contributed by atoms with van der Waals surface area (Å²) in [5.74, 6) is -9.64. The number of amides is 1. The summed E-state index contributed by atoms with van der Waals surface area (Å²) in [6.45, 7) is 12.2. The molecule has 3 aliphatic heterocycles. The second kappa shape index (κ2) is 25.1. The molecule has 1 amide bonds. The predicted molar refractivity (Wildman–Crippen MR) is 243 cm³/mol. The average Bonchev–Trinajstić information content (AvgIpc) is 3.28. The summed E-state index contributed by atoms with van der Waals surface area (Å²) in [6.07, 6.45) is 9.11. The Morgan fingerprint density at radius 2 is 1.60 bits per heavy atom. The number of halogens is 2. The molecule has 14 heteroatoms. The van der Waals surface area contributed by atoms with Gasteiger partial charge in [0.15, 0.2) is 18.1 Å². The first kappa shape index (κ1) is 54.2. The summed E-state index contributed by atoms with van der Waals surface area (Å²) in [4.78, 5) is 71.3. The van der Waals surface area contributed by atoms with Crippen molar-refractivity contribution in [3.63, 3.8) is 0 Å². The molecule has 0 radical (unpaired) electrons. The number of aliphatic hydroxyl groups excluding tert-OH is 1. The molecule has 65 heavy (non-hydrogen) atoms. The number of cyclic esters (lactones) is 1. The molecule has 366 valence electrons. The fourth-order valence-electron chi connectivity index (χ4n) is 10.1. The zero-order valence-corrected chi connectivity index (χ0v) is 40.5. The molecular formula is C51H77F2NO11. The number of aliphatic hydroxyl groups is 1. The lowest BCUT2D eigenvalue weighted by Gasteiger charge is -2.41. The zero-order chi connectivity index (χ0) is 48.2. The van der Waals surface area contributed by atoms with Crippen LogP contribution in [0.4, 0.5) is 8.78 Å². The number of nitrogens with zero attached hydrogens (tertiary/aromatic N) is 1. The van der Waals surface area contributed by atoms with Gasteiger partial charge in [0, 0.05) is 58.5 Å². The standard InChI is InChI=1S/C51H77F2NO11/c1-30-16-12-11-13-17-31(2)42(61-8)28-38-21-19-36(7)51(53,65-38)48(58)49(59)54-23-15-14-18-39(54)50(60)64-43(33(4)26-37-20-22-40(55)44(27-37)62-9)29-41(56)32(3)25-34(5)45(52)47(63-10)46(57)35(6)24-30/h11-13,16-17,25,30,32-33,35-40,42-45,47,55H,14-15,18-24,26-29H2,1-10H3/b13-11+,16-12-,31-17+,34-25+/t30-,32-,33-,35-,36-,37-,38+,39+,40-,42+,43+,44-,45-,47-,51-/m1/s1. The Morgan fingerprint density at radius 3 is 2.28 bits per heavy atom. The van der Waals surface area contributed by atoms with Crippen LogP contribution in [0.3, 0.4) is 0 Å². The quantitative estimate of drug-likeness (QED) is 0.156. The van der Waals surface area contributed by atoms with E-state index in [1.807, 2.05) is 51.2 Å².